The van der Waals surface area contributed by atoms with Crippen LogP contribution in [0.15, 0.2) is 18.3 Å². The Morgan fingerprint density at radius 3 is 2.71 bits per heavy atom. The molecule has 0 amide bonds. The molecule has 0 saturated carbocycles. The minimum atomic E-state index is 0.0327. The topological polar surface area (TPSA) is 54.2 Å². The van der Waals surface area contributed by atoms with Gasteiger partial charge in [-0.2, -0.15) is 0 Å². The largest absolute Gasteiger partial charge is 0.389 e. The first-order valence-electron chi connectivity index (χ1n) is 5.51. The summed E-state index contributed by atoms with van der Waals surface area (Å²) in [6, 6.07) is 3.71. The highest BCUT2D eigenvalue weighted by Crippen LogP contribution is 2.15. The van der Waals surface area contributed by atoms with Gasteiger partial charge < -0.3 is 16.0 Å². The molecule has 0 bridgehead atoms. The molecule has 0 aliphatic rings. The van der Waals surface area contributed by atoms with E-state index in [-0.39, 0.29) is 5.54 Å². The van der Waals surface area contributed by atoms with Crippen molar-refractivity contribution in [1.29, 1.82) is 0 Å². The monoisotopic (exact) mass is 252 g/mol. The van der Waals surface area contributed by atoms with Crippen molar-refractivity contribution in [2.24, 2.45) is 5.73 Å². The molecule has 3 N–H and O–H groups in total. The molecule has 1 aromatic heterocycles. The third kappa shape index (κ3) is 3.64. The minimum Gasteiger partial charge on any atom is -0.389 e. The maximum Gasteiger partial charge on any atom is 0.136 e. The smallest absolute Gasteiger partial charge is 0.136 e. The highest BCUT2D eigenvalue weighted by molar-refractivity contribution is 7.80. The second-order valence-corrected chi connectivity index (χ2v) is 5.26. The predicted octanol–water partition coefficient (Wildman–Crippen LogP) is 1.47. The summed E-state index contributed by atoms with van der Waals surface area (Å²) in [6.45, 7) is 5.08. The number of thiocarbonyl (C=S) groups is 1. The lowest BCUT2D eigenvalue weighted by molar-refractivity contribution is 0.210. The first-order chi connectivity index (χ1) is 7.84. The van der Waals surface area contributed by atoms with Crippen molar-refractivity contribution in [3.8, 4) is 0 Å². The fraction of sp³-hybridized carbons (Fsp3) is 0.500. The Hall–Kier alpha value is -1.20. The number of pyridine rings is 1. The first kappa shape index (κ1) is 13.9. The zero-order chi connectivity index (χ0) is 13.1. The van der Waals surface area contributed by atoms with E-state index in [1.54, 1.807) is 6.20 Å². The fourth-order valence-electron chi connectivity index (χ4n) is 1.20. The SMILES string of the molecule is CN(C)C(C)(C)CNc1ncccc1C(N)=S. The number of likely N-dealkylation sites (N-methyl/N-ethyl adjacent to an activating group) is 1. The Labute approximate surface area is 108 Å². The van der Waals surface area contributed by atoms with Crippen LogP contribution in [0.2, 0.25) is 0 Å². The third-order valence-corrected chi connectivity index (χ3v) is 3.19. The van der Waals surface area contributed by atoms with Crippen molar-refractivity contribution >= 4 is 23.0 Å². The number of aromatic nitrogens is 1. The van der Waals surface area contributed by atoms with Crippen molar-refractivity contribution in [3.63, 3.8) is 0 Å². The van der Waals surface area contributed by atoms with Gasteiger partial charge in [0.15, 0.2) is 0 Å². The highest BCUT2D eigenvalue weighted by atomic mass is 32.1. The van der Waals surface area contributed by atoms with Gasteiger partial charge in [-0.3, -0.25) is 0 Å². The van der Waals surface area contributed by atoms with Gasteiger partial charge in [0, 0.05) is 18.3 Å². The van der Waals surface area contributed by atoms with Crippen LogP contribution >= 0.6 is 12.2 Å². The standard InChI is InChI=1S/C12H20N4S/c1-12(2,16(3)4)8-15-11-9(10(13)17)6-5-7-14-11/h5-7H,8H2,1-4H3,(H2,13,17)(H,14,15). The van der Waals surface area contributed by atoms with E-state index in [0.29, 0.717) is 4.99 Å². The van der Waals surface area contributed by atoms with E-state index in [1.807, 2.05) is 12.1 Å². The summed E-state index contributed by atoms with van der Waals surface area (Å²) in [4.78, 5) is 6.79. The molecule has 1 rings (SSSR count). The summed E-state index contributed by atoms with van der Waals surface area (Å²) in [5.41, 5.74) is 6.48. The molecule has 0 aromatic carbocycles. The van der Waals surface area contributed by atoms with Crippen molar-refractivity contribution in [1.82, 2.24) is 9.88 Å². The van der Waals surface area contributed by atoms with Crippen LogP contribution in [-0.2, 0) is 0 Å². The molecule has 5 heteroatoms. The van der Waals surface area contributed by atoms with Crippen molar-refractivity contribution in [2.45, 2.75) is 19.4 Å². The maximum atomic E-state index is 5.65. The van der Waals surface area contributed by atoms with E-state index >= 15 is 0 Å². The predicted molar refractivity (Wildman–Crippen MR) is 76.4 cm³/mol. The Morgan fingerprint density at radius 1 is 1.53 bits per heavy atom. The van der Waals surface area contributed by atoms with Gasteiger partial charge in [-0.05, 0) is 40.1 Å². The molecule has 94 valence electrons. The van der Waals surface area contributed by atoms with E-state index in [4.69, 9.17) is 18.0 Å². The molecular formula is C12H20N4S. The molecule has 1 heterocycles. The van der Waals surface area contributed by atoms with Gasteiger partial charge in [-0.15, -0.1) is 0 Å². The second kappa shape index (κ2) is 5.42. The quantitative estimate of drug-likeness (QED) is 0.777. The first-order valence-corrected chi connectivity index (χ1v) is 5.91. The van der Waals surface area contributed by atoms with E-state index < -0.39 is 0 Å². The molecule has 0 unspecified atom stereocenters. The Kier molecular flexibility index (Phi) is 4.42. The molecule has 0 atom stereocenters. The van der Waals surface area contributed by atoms with Crippen molar-refractivity contribution in [2.75, 3.05) is 26.0 Å². The van der Waals surface area contributed by atoms with Crippen LogP contribution < -0.4 is 11.1 Å². The second-order valence-electron chi connectivity index (χ2n) is 4.82. The number of nitrogens with zero attached hydrogens (tertiary/aromatic N) is 2. The van der Waals surface area contributed by atoms with Gasteiger partial charge in [0.1, 0.15) is 10.8 Å². The number of anilines is 1. The summed E-state index contributed by atoms with van der Waals surface area (Å²) in [7, 11) is 4.10. The van der Waals surface area contributed by atoms with Gasteiger partial charge in [0.25, 0.3) is 0 Å². The van der Waals surface area contributed by atoms with E-state index in [9.17, 15) is 0 Å². The summed E-state index contributed by atoms with van der Waals surface area (Å²) in [5.74, 6) is 0.745. The van der Waals surface area contributed by atoms with Crippen LogP contribution in [0.4, 0.5) is 5.82 Å². The van der Waals surface area contributed by atoms with Crippen LogP contribution in [0.5, 0.6) is 0 Å². The van der Waals surface area contributed by atoms with E-state index in [1.165, 1.54) is 0 Å². The molecule has 0 spiro atoms. The summed E-state index contributed by atoms with van der Waals surface area (Å²) >= 11 is 5.00. The molecule has 0 fully saturated rings. The van der Waals surface area contributed by atoms with Crippen LogP contribution in [-0.4, -0.2) is 41.1 Å². The minimum absolute atomic E-state index is 0.0327. The maximum absolute atomic E-state index is 5.65. The molecule has 1 aromatic rings. The lowest BCUT2D eigenvalue weighted by Crippen LogP contribution is -2.44. The normalized spacial score (nSPS) is 11.6. The third-order valence-electron chi connectivity index (χ3n) is 2.97. The van der Waals surface area contributed by atoms with Gasteiger partial charge in [0.05, 0.1) is 5.56 Å². The lowest BCUT2D eigenvalue weighted by Gasteiger charge is -2.33. The van der Waals surface area contributed by atoms with Crippen LogP contribution in [0.3, 0.4) is 0 Å². The Bertz CT molecular complexity index is 401. The van der Waals surface area contributed by atoms with Gasteiger partial charge in [0.2, 0.25) is 0 Å². The summed E-state index contributed by atoms with van der Waals surface area (Å²) < 4.78 is 0. The zero-order valence-electron chi connectivity index (χ0n) is 10.8. The van der Waals surface area contributed by atoms with E-state index in [2.05, 4.69) is 43.1 Å². The molecule has 0 aliphatic carbocycles. The lowest BCUT2D eigenvalue weighted by atomic mass is 10.0. The zero-order valence-corrected chi connectivity index (χ0v) is 11.6. The summed E-state index contributed by atoms with van der Waals surface area (Å²) in [6.07, 6.45) is 1.73. The summed E-state index contributed by atoms with van der Waals surface area (Å²) in [5, 5.41) is 3.30. The van der Waals surface area contributed by atoms with Gasteiger partial charge in [-0.25, -0.2) is 4.98 Å². The molecule has 17 heavy (non-hydrogen) atoms. The number of nitrogens with one attached hydrogen (secondary N) is 1. The highest BCUT2D eigenvalue weighted by Gasteiger charge is 2.20. The van der Waals surface area contributed by atoms with Crippen molar-refractivity contribution in [3.05, 3.63) is 23.9 Å². The van der Waals surface area contributed by atoms with E-state index in [0.717, 1.165) is 17.9 Å². The molecule has 0 radical (unpaired) electrons. The Balaban J connectivity index is 2.79. The average molecular weight is 252 g/mol. The van der Waals surface area contributed by atoms with Crippen molar-refractivity contribution < 1.29 is 0 Å². The average Bonchev–Trinajstić information content (AvgIpc) is 2.26. The van der Waals surface area contributed by atoms with Crippen LogP contribution in [0, 0.1) is 0 Å². The fourth-order valence-corrected chi connectivity index (χ4v) is 1.37. The molecule has 0 aliphatic heterocycles. The molecule has 0 saturated heterocycles. The van der Waals surface area contributed by atoms with Crippen LogP contribution in [0.1, 0.15) is 19.4 Å². The Morgan fingerprint density at radius 2 is 2.18 bits per heavy atom. The van der Waals surface area contributed by atoms with Crippen LogP contribution in [0.25, 0.3) is 0 Å². The van der Waals surface area contributed by atoms with Gasteiger partial charge >= 0.3 is 0 Å². The molecule has 4 nitrogen and oxygen atoms in total. The molecular weight excluding hydrogens is 232 g/mol. The number of nitrogens with two attached hydrogens (primary N) is 1. The number of hydrogen-bond donors (Lipinski definition) is 2. The number of hydrogen-bond acceptors (Lipinski definition) is 4. The van der Waals surface area contributed by atoms with Gasteiger partial charge in [-0.1, -0.05) is 12.2 Å². The number of rotatable bonds is 5.